The van der Waals surface area contributed by atoms with Crippen LogP contribution in [0.4, 0.5) is 11.6 Å². The maximum Gasteiger partial charge on any atom is 0.270 e. The van der Waals surface area contributed by atoms with Gasteiger partial charge in [-0.2, -0.15) is 0 Å². The highest BCUT2D eigenvalue weighted by molar-refractivity contribution is 5.93. The molecule has 0 spiro atoms. The number of ether oxygens (including phenoxy) is 1. The number of piperazine rings is 1. The Balaban J connectivity index is 1.12. The minimum Gasteiger partial charge on any atom is -0.495 e. The van der Waals surface area contributed by atoms with Gasteiger partial charge in [0.1, 0.15) is 23.1 Å². The number of hydrogen-bond acceptors (Lipinski definition) is 7. The number of amides is 1. The van der Waals surface area contributed by atoms with Gasteiger partial charge < -0.3 is 25.0 Å². The molecule has 1 saturated heterocycles. The van der Waals surface area contributed by atoms with E-state index in [2.05, 4.69) is 27.0 Å². The van der Waals surface area contributed by atoms with Crippen molar-refractivity contribution in [3.05, 3.63) is 42.2 Å². The Bertz CT molecular complexity index is 1080. The predicted octanol–water partition coefficient (Wildman–Crippen LogP) is 2.87. The Morgan fingerprint density at radius 3 is 2.57 bits per heavy atom. The van der Waals surface area contributed by atoms with Gasteiger partial charge in [0.25, 0.3) is 5.91 Å². The number of anilines is 2. The van der Waals surface area contributed by atoms with Crippen LogP contribution in [0.15, 0.2) is 36.5 Å². The third kappa shape index (κ3) is 4.22. The van der Waals surface area contributed by atoms with Crippen LogP contribution in [-0.4, -0.2) is 65.4 Å². The van der Waals surface area contributed by atoms with E-state index in [-0.39, 0.29) is 18.0 Å². The van der Waals surface area contributed by atoms with Crippen molar-refractivity contribution < 1.29 is 14.6 Å². The Labute approximate surface area is 206 Å². The average Bonchev–Trinajstić information content (AvgIpc) is 2.85. The second-order valence-electron chi connectivity index (χ2n) is 11.1. The molecule has 8 nitrogen and oxygen atoms in total. The first-order valence-electron chi connectivity index (χ1n) is 12.9. The topological polar surface area (TPSA) is 90.8 Å². The molecule has 7 rings (SSSR count). The van der Waals surface area contributed by atoms with Gasteiger partial charge in [0.05, 0.1) is 18.9 Å². The number of carbonyl (C=O) groups is 1. The number of rotatable bonds is 5. The number of methoxy groups -OCH3 is 1. The molecular formula is C27H35N5O3. The predicted molar refractivity (Wildman–Crippen MR) is 134 cm³/mol. The van der Waals surface area contributed by atoms with E-state index in [1.54, 1.807) is 13.3 Å². The van der Waals surface area contributed by atoms with Crippen molar-refractivity contribution in [1.29, 1.82) is 0 Å². The van der Waals surface area contributed by atoms with E-state index in [0.717, 1.165) is 69.1 Å². The molecule has 3 heterocycles. The third-order valence-corrected chi connectivity index (χ3v) is 8.71. The Kier molecular flexibility index (Phi) is 5.59. The fourth-order valence-electron chi connectivity index (χ4n) is 7.34. The number of carbonyl (C=O) groups excluding carboxylic acids is 1. The second-order valence-corrected chi connectivity index (χ2v) is 11.1. The molecule has 2 aromatic rings. The van der Waals surface area contributed by atoms with Crippen molar-refractivity contribution in [2.45, 2.75) is 56.7 Å². The van der Waals surface area contributed by atoms with Gasteiger partial charge in [-0.15, -0.1) is 0 Å². The van der Waals surface area contributed by atoms with Crippen molar-refractivity contribution >= 4 is 17.5 Å². The van der Waals surface area contributed by atoms with Gasteiger partial charge in [0.15, 0.2) is 0 Å². The molecule has 1 aliphatic heterocycles. The van der Waals surface area contributed by atoms with E-state index >= 15 is 0 Å². The Morgan fingerprint density at radius 1 is 1.11 bits per heavy atom. The molecule has 2 aromatic heterocycles. The third-order valence-electron chi connectivity index (χ3n) is 8.71. The van der Waals surface area contributed by atoms with Crippen molar-refractivity contribution in [1.82, 2.24) is 15.3 Å². The Hall–Kier alpha value is -2.87. The van der Waals surface area contributed by atoms with E-state index < -0.39 is 5.60 Å². The van der Waals surface area contributed by atoms with Crippen LogP contribution in [0.2, 0.25) is 0 Å². The van der Waals surface area contributed by atoms with Gasteiger partial charge in [-0.05, 0) is 81.0 Å². The number of hydrogen-bond donors (Lipinski definition) is 2. The van der Waals surface area contributed by atoms with Gasteiger partial charge in [-0.25, -0.2) is 9.97 Å². The first-order chi connectivity index (χ1) is 16.9. The highest BCUT2D eigenvalue weighted by atomic mass is 16.5. The molecule has 1 amide bonds. The minimum atomic E-state index is -0.491. The lowest BCUT2D eigenvalue weighted by Crippen LogP contribution is -2.61. The van der Waals surface area contributed by atoms with E-state index in [4.69, 9.17) is 9.72 Å². The smallest absolute Gasteiger partial charge is 0.270 e. The molecule has 3 atom stereocenters. The zero-order chi connectivity index (χ0) is 24.2. The first kappa shape index (κ1) is 22.6. The lowest BCUT2D eigenvalue weighted by Gasteiger charge is -2.58. The molecule has 8 heteroatoms. The van der Waals surface area contributed by atoms with E-state index in [1.807, 2.05) is 30.3 Å². The van der Waals surface area contributed by atoms with Crippen molar-refractivity contribution in [2.24, 2.45) is 17.8 Å². The highest BCUT2D eigenvalue weighted by Gasteiger charge is 2.55. The van der Waals surface area contributed by atoms with E-state index in [0.29, 0.717) is 23.4 Å². The van der Waals surface area contributed by atoms with Crippen molar-refractivity contribution in [2.75, 3.05) is 36.5 Å². The van der Waals surface area contributed by atoms with Gasteiger partial charge in [0.2, 0.25) is 0 Å². The standard InChI is InChI=1S/C27H35N5O3/c1-17-16-31(23-7-6-21(35-2)15-28-23)8-9-32(17)24-5-3-4-22(29-24)26(33)30-25-19-10-18-11-20(25)14-27(34,12-18)13-19/h3-7,15,17-20,25,34H,8-14,16H2,1-2H3,(H,30,33)/t17-,18?,19?,20?,25?,27?/m1/s1. The van der Waals surface area contributed by atoms with Crippen molar-refractivity contribution in [3.63, 3.8) is 0 Å². The van der Waals surface area contributed by atoms with Crippen LogP contribution in [0.5, 0.6) is 5.75 Å². The second kappa shape index (κ2) is 8.66. The van der Waals surface area contributed by atoms with E-state index in [9.17, 15) is 9.90 Å². The summed E-state index contributed by atoms with van der Waals surface area (Å²) in [7, 11) is 1.64. The Morgan fingerprint density at radius 2 is 1.91 bits per heavy atom. The normalized spacial score (nSPS) is 33.6. The molecule has 4 aliphatic carbocycles. The molecule has 35 heavy (non-hydrogen) atoms. The number of aromatic nitrogens is 2. The van der Waals surface area contributed by atoms with Crippen LogP contribution in [0, 0.1) is 17.8 Å². The van der Waals surface area contributed by atoms with E-state index in [1.165, 1.54) is 0 Å². The summed E-state index contributed by atoms with van der Waals surface area (Å²) in [5.41, 5.74) is -0.0170. The largest absolute Gasteiger partial charge is 0.495 e. The number of nitrogens with one attached hydrogen (secondary N) is 1. The molecule has 4 saturated carbocycles. The van der Waals surface area contributed by atoms with Crippen LogP contribution in [-0.2, 0) is 0 Å². The minimum absolute atomic E-state index is 0.0926. The number of nitrogens with zero attached hydrogens (tertiary/aromatic N) is 4. The summed E-state index contributed by atoms with van der Waals surface area (Å²) in [6.45, 7) is 4.65. The summed E-state index contributed by atoms with van der Waals surface area (Å²) in [6, 6.07) is 10.0. The first-order valence-corrected chi connectivity index (χ1v) is 12.9. The molecule has 5 aliphatic rings. The summed E-state index contributed by atoms with van der Waals surface area (Å²) in [6.07, 6.45) is 6.60. The monoisotopic (exact) mass is 477 g/mol. The summed E-state index contributed by atoms with van der Waals surface area (Å²) >= 11 is 0. The van der Waals surface area contributed by atoms with Crippen LogP contribution < -0.4 is 19.9 Å². The zero-order valence-electron chi connectivity index (χ0n) is 20.6. The summed E-state index contributed by atoms with van der Waals surface area (Å²) in [5, 5.41) is 14.2. The number of aliphatic hydroxyl groups is 1. The summed E-state index contributed by atoms with van der Waals surface area (Å²) in [5.74, 6) is 3.84. The molecule has 2 N–H and O–H groups in total. The van der Waals surface area contributed by atoms with Crippen LogP contribution in [0.1, 0.15) is 49.5 Å². The van der Waals surface area contributed by atoms with Crippen molar-refractivity contribution in [3.8, 4) is 5.75 Å². The van der Waals surface area contributed by atoms with Crippen LogP contribution in [0.3, 0.4) is 0 Å². The van der Waals surface area contributed by atoms with Crippen LogP contribution in [0.25, 0.3) is 0 Å². The molecule has 5 fully saturated rings. The SMILES string of the molecule is COc1ccc(N2CCN(c3cccc(C(=O)NC4C5CC6CC4CC(O)(C6)C5)n3)[C@H](C)C2)nc1. The molecular weight excluding hydrogens is 442 g/mol. The number of pyridine rings is 2. The van der Waals surface area contributed by atoms with Crippen LogP contribution >= 0.6 is 0 Å². The molecule has 2 unspecified atom stereocenters. The van der Waals surface area contributed by atoms with Gasteiger partial charge in [-0.1, -0.05) is 6.07 Å². The molecule has 186 valence electrons. The zero-order valence-corrected chi connectivity index (χ0v) is 20.6. The fourth-order valence-corrected chi connectivity index (χ4v) is 7.34. The summed E-state index contributed by atoms with van der Waals surface area (Å²) < 4.78 is 5.22. The molecule has 0 aromatic carbocycles. The highest BCUT2D eigenvalue weighted by Crippen LogP contribution is 2.55. The van der Waals surface area contributed by atoms with Gasteiger partial charge >= 0.3 is 0 Å². The lowest BCUT2D eigenvalue weighted by atomic mass is 9.52. The average molecular weight is 478 g/mol. The fraction of sp³-hybridized carbons (Fsp3) is 0.593. The maximum absolute atomic E-state index is 13.2. The maximum atomic E-state index is 13.2. The molecule has 0 radical (unpaired) electrons. The lowest BCUT2D eigenvalue weighted by molar-refractivity contribution is -0.136. The molecule has 4 bridgehead atoms. The van der Waals surface area contributed by atoms with Gasteiger partial charge in [0, 0.05) is 31.7 Å². The summed E-state index contributed by atoms with van der Waals surface area (Å²) in [4.78, 5) is 27.1. The quantitative estimate of drug-likeness (QED) is 0.684. The van der Waals surface area contributed by atoms with Gasteiger partial charge in [-0.3, -0.25) is 4.79 Å².